The fourth-order valence-electron chi connectivity index (χ4n) is 2.03. The minimum Gasteiger partial charge on any atom is -0.403 e. The van der Waals surface area contributed by atoms with Crippen molar-refractivity contribution in [2.75, 3.05) is 0 Å². The molecular formula is C15H7Cl2F2NO2S. The van der Waals surface area contributed by atoms with Crippen molar-refractivity contribution >= 4 is 45.9 Å². The lowest BCUT2D eigenvalue weighted by molar-refractivity contribution is 0.203. The molecule has 2 aromatic carbocycles. The number of alkyl halides is 3. The van der Waals surface area contributed by atoms with Gasteiger partial charge < -0.3 is 4.42 Å². The molecule has 0 saturated heterocycles. The van der Waals surface area contributed by atoms with E-state index in [4.69, 9.17) is 27.6 Å². The number of hydrogen-bond donors (Lipinski definition) is 0. The van der Waals surface area contributed by atoms with Crippen molar-refractivity contribution in [1.82, 2.24) is 4.98 Å². The van der Waals surface area contributed by atoms with Crippen LogP contribution < -0.4 is 5.63 Å². The number of hydrogen-bond acceptors (Lipinski definition) is 4. The summed E-state index contributed by atoms with van der Waals surface area (Å²) >= 11 is 11.1. The highest BCUT2D eigenvalue weighted by atomic mass is 35.5. The van der Waals surface area contributed by atoms with Gasteiger partial charge in [0.2, 0.25) is 5.89 Å². The monoisotopic (exact) mass is 373 g/mol. The van der Waals surface area contributed by atoms with Gasteiger partial charge in [-0.3, -0.25) is 0 Å². The number of nitrogens with zero attached hydrogens (tertiary/aromatic N) is 1. The molecule has 0 unspecified atom stereocenters. The van der Waals surface area contributed by atoms with Crippen LogP contribution in [0.15, 0.2) is 56.6 Å². The summed E-state index contributed by atoms with van der Waals surface area (Å²) in [6, 6.07) is 10.9. The lowest BCUT2D eigenvalue weighted by Gasteiger charge is -2.08. The van der Waals surface area contributed by atoms with Gasteiger partial charge in [-0.1, -0.05) is 23.7 Å². The third-order valence-corrected chi connectivity index (χ3v) is 4.19. The van der Waals surface area contributed by atoms with Crippen molar-refractivity contribution < 1.29 is 13.2 Å². The molecular weight excluding hydrogens is 367 g/mol. The summed E-state index contributed by atoms with van der Waals surface area (Å²) in [5, 5.41) is 0.414. The summed E-state index contributed by atoms with van der Waals surface area (Å²) in [6.45, 7) is 0. The third kappa shape index (κ3) is 3.65. The molecule has 0 N–H and O–H groups in total. The maximum absolute atomic E-state index is 12.9. The highest BCUT2D eigenvalue weighted by Gasteiger charge is 2.26. The van der Waals surface area contributed by atoms with E-state index in [-0.39, 0.29) is 33.0 Å². The van der Waals surface area contributed by atoms with Gasteiger partial charge in [-0.25, -0.2) is 9.78 Å². The van der Waals surface area contributed by atoms with E-state index in [9.17, 15) is 13.6 Å². The lowest BCUT2D eigenvalue weighted by atomic mass is 10.2. The molecule has 0 aliphatic carbocycles. The first-order valence-electron chi connectivity index (χ1n) is 6.29. The minimum atomic E-state index is -3.43. The normalized spacial score (nSPS) is 11.8. The van der Waals surface area contributed by atoms with E-state index in [1.807, 2.05) is 0 Å². The van der Waals surface area contributed by atoms with Gasteiger partial charge in [0.05, 0.1) is 10.5 Å². The molecule has 0 aliphatic rings. The summed E-state index contributed by atoms with van der Waals surface area (Å²) in [6.07, 6.45) is 0. The zero-order valence-corrected chi connectivity index (χ0v) is 13.6. The molecule has 23 heavy (non-hydrogen) atoms. The maximum atomic E-state index is 12.9. The number of halogens is 4. The summed E-state index contributed by atoms with van der Waals surface area (Å²) in [7, 11) is 0. The molecule has 0 aliphatic heterocycles. The van der Waals surface area contributed by atoms with Gasteiger partial charge in [0.1, 0.15) is 5.39 Å². The molecule has 3 nitrogen and oxygen atoms in total. The Labute approximate surface area is 143 Å². The second kappa shape index (κ2) is 6.11. The largest absolute Gasteiger partial charge is 0.403 e. The molecule has 3 aromatic rings. The minimum absolute atomic E-state index is 0.0186. The first-order chi connectivity index (χ1) is 10.8. The molecule has 3 rings (SSSR count). The van der Waals surface area contributed by atoms with Crippen LogP contribution >= 0.6 is 35.0 Å². The molecule has 8 heteroatoms. The van der Waals surface area contributed by atoms with E-state index in [1.165, 1.54) is 12.1 Å². The quantitative estimate of drug-likeness (QED) is 0.456. The van der Waals surface area contributed by atoms with Crippen molar-refractivity contribution in [2.45, 2.75) is 9.61 Å². The maximum Gasteiger partial charge on any atom is 0.375 e. The highest BCUT2D eigenvalue weighted by molar-refractivity contribution is 8.01. The van der Waals surface area contributed by atoms with Crippen LogP contribution in [0.3, 0.4) is 0 Å². The first-order valence-corrected chi connectivity index (χ1v) is 7.86. The number of thioether (sulfide) groups is 1. The van der Waals surface area contributed by atoms with Crippen LogP contribution in [-0.2, 0) is 0 Å². The van der Waals surface area contributed by atoms with Crippen molar-refractivity contribution in [2.24, 2.45) is 0 Å². The Balaban J connectivity index is 2.11. The second-order valence-corrected chi connectivity index (χ2v) is 6.81. The summed E-state index contributed by atoms with van der Waals surface area (Å²) in [5.41, 5.74) is 0.107. The molecule has 0 atom stereocenters. The zero-order chi connectivity index (χ0) is 16.6. The molecule has 0 bridgehead atoms. The standard InChI is InChI=1S/C15H7Cl2F2NO2S/c16-10-5-2-6-11-12(10)14(21)22-13(20-11)8-3-1-4-9(7-8)23-15(17,18)19/h1-7H. The molecule has 118 valence electrons. The average molecular weight is 374 g/mol. The van der Waals surface area contributed by atoms with Gasteiger partial charge in [-0.2, -0.15) is 8.78 Å². The second-order valence-electron chi connectivity index (χ2n) is 4.52. The van der Waals surface area contributed by atoms with Gasteiger partial charge in [-0.15, -0.1) is 0 Å². The highest BCUT2D eigenvalue weighted by Crippen LogP contribution is 2.40. The summed E-state index contributed by atoms with van der Waals surface area (Å²) < 4.78 is 27.5. The predicted molar refractivity (Wildman–Crippen MR) is 87.4 cm³/mol. The van der Waals surface area contributed by atoms with Gasteiger partial charge in [0, 0.05) is 10.5 Å². The van der Waals surface area contributed by atoms with Crippen LogP contribution in [0.5, 0.6) is 0 Å². The SMILES string of the molecule is O=c1oc(-c2cccc(SC(F)(F)Cl)c2)nc2cccc(Cl)c12. The fourth-order valence-corrected chi connectivity index (χ4v) is 3.14. The van der Waals surface area contributed by atoms with Crippen molar-refractivity contribution in [3.05, 3.63) is 57.9 Å². The molecule has 0 radical (unpaired) electrons. The lowest BCUT2D eigenvalue weighted by Crippen LogP contribution is -2.03. The van der Waals surface area contributed by atoms with Crippen molar-refractivity contribution in [3.63, 3.8) is 0 Å². The number of rotatable bonds is 3. The van der Waals surface area contributed by atoms with E-state index < -0.39 is 10.3 Å². The van der Waals surface area contributed by atoms with E-state index in [1.54, 1.807) is 30.3 Å². The third-order valence-electron chi connectivity index (χ3n) is 2.92. The van der Waals surface area contributed by atoms with Crippen LogP contribution in [0.4, 0.5) is 8.78 Å². The van der Waals surface area contributed by atoms with Crippen LogP contribution in [0.1, 0.15) is 0 Å². The molecule has 0 saturated carbocycles. The molecule has 0 amide bonds. The topological polar surface area (TPSA) is 43.1 Å². The number of aromatic nitrogens is 1. The Kier molecular flexibility index (Phi) is 4.31. The Morgan fingerprint density at radius 3 is 2.65 bits per heavy atom. The van der Waals surface area contributed by atoms with Crippen LogP contribution in [0, 0.1) is 0 Å². The van der Waals surface area contributed by atoms with Crippen LogP contribution in [0.2, 0.25) is 5.02 Å². The van der Waals surface area contributed by atoms with E-state index in [0.717, 1.165) is 0 Å². The Bertz CT molecular complexity index is 941. The zero-order valence-electron chi connectivity index (χ0n) is 11.2. The predicted octanol–water partition coefficient (Wildman–Crippen LogP) is 5.39. The Morgan fingerprint density at radius 1 is 1.17 bits per heavy atom. The number of fused-ring (bicyclic) bond motifs is 1. The van der Waals surface area contributed by atoms with E-state index in [0.29, 0.717) is 11.1 Å². The van der Waals surface area contributed by atoms with Crippen molar-refractivity contribution in [1.29, 1.82) is 0 Å². The van der Waals surface area contributed by atoms with Gasteiger partial charge >= 0.3 is 10.3 Å². The van der Waals surface area contributed by atoms with Crippen LogP contribution in [0.25, 0.3) is 22.4 Å². The molecule has 1 aromatic heterocycles. The molecule has 0 spiro atoms. The number of benzene rings is 2. The van der Waals surface area contributed by atoms with E-state index in [2.05, 4.69) is 4.98 Å². The summed E-state index contributed by atoms with van der Waals surface area (Å²) in [4.78, 5) is 16.5. The van der Waals surface area contributed by atoms with E-state index >= 15 is 0 Å². The molecule has 1 heterocycles. The van der Waals surface area contributed by atoms with Gasteiger partial charge in [-0.05, 0) is 53.7 Å². The smallest absolute Gasteiger partial charge is 0.375 e. The summed E-state index contributed by atoms with van der Waals surface area (Å²) in [5.74, 6) is 0.0186. The Hall–Kier alpha value is -1.63. The average Bonchev–Trinajstić information content (AvgIpc) is 2.45. The fraction of sp³-hybridized carbons (Fsp3) is 0.0667. The first kappa shape index (κ1) is 16.2. The molecule has 0 fully saturated rings. The van der Waals surface area contributed by atoms with Crippen molar-refractivity contribution in [3.8, 4) is 11.5 Å². The van der Waals surface area contributed by atoms with Gasteiger partial charge in [0.25, 0.3) is 0 Å². The Morgan fingerprint density at radius 2 is 1.91 bits per heavy atom. The van der Waals surface area contributed by atoms with Gasteiger partial charge in [0.15, 0.2) is 0 Å². The van der Waals surface area contributed by atoms with Crippen LogP contribution in [-0.4, -0.2) is 9.70 Å².